The van der Waals surface area contributed by atoms with Crippen molar-refractivity contribution < 1.29 is 9.53 Å². The summed E-state index contributed by atoms with van der Waals surface area (Å²) in [4.78, 5) is 15.3. The summed E-state index contributed by atoms with van der Waals surface area (Å²) >= 11 is 0. The highest BCUT2D eigenvalue weighted by molar-refractivity contribution is 5.92. The van der Waals surface area contributed by atoms with Crippen molar-refractivity contribution in [1.82, 2.24) is 10.3 Å². The maximum absolute atomic E-state index is 11.1. The smallest absolute Gasteiger partial charge is 0.250 e. The maximum atomic E-state index is 11.1. The van der Waals surface area contributed by atoms with Crippen molar-refractivity contribution in [3.63, 3.8) is 0 Å². The molecule has 3 aromatic rings. The average Bonchev–Trinajstić information content (AvgIpc) is 3.14. The van der Waals surface area contributed by atoms with Gasteiger partial charge in [-0.05, 0) is 66.6 Å². The lowest BCUT2D eigenvalue weighted by molar-refractivity contribution is 0.1000. The third kappa shape index (κ3) is 4.81. The van der Waals surface area contributed by atoms with Crippen LogP contribution in [-0.2, 0) is 12.8 Å². The zero-order valence-corrected chi connectivity index (χ0v) is 16.3. The van der Waals surface area contributed by atoms with Crippen LogP contribution in [0.3, 0.4) is 0 Å². The number of fused-ring (bicyclic) bond motifs is 1. The van der Waals surface area contributed by atoms with Gasteiger partial charge in [-0.1, -0.05) is 36.4 Å². The Morgan fingerprint density at radius 2 is 2.00 bits per heavy atom. The number of pyridine rings is 1. The van der Waals surface area contributed by atoms with Crippen molar-refractivity contribution in [2.45, 2.75) is 25.2 Å². The molecule has 4 rings (SSSR count). The summed E-state index contributed by atoms with van der Waals surface area (Å²) in [5, 5.41) is 3.61. The van der Waals surface area contributed by atoms with Crippen LogP contribution in [0.5, 0.6) is 11.6 Å². The average molecular weight is 387 g/mol. The molecular weight excluding hydrogens is 362 g/mol. The fraction of sp³-hybridized carbons (Fsp3) is 0.250. The number of aryl methyl sites for hydroxylation is 1. The van der Waals surface area contributed by atoms with Gasteiger partial charge >= 0.3 is 0 Å². The van der Waals surface area contributed by atoms with Gasteiger partial charge in [-0.15, -0.1) is 0 Å². The van der Waals surface area contributed by atoms with Crippen LogP contribution < -0.4 is 15.8 Å². The van der Waals surface area contributed by atoms with Gasteiger partial charge < -0.3 is 15.8 Å². The number of ether oxygens (including phenoxy) is 1. The summed E-state index contributed by atoms with van der Waals surface area (Å²) < 4.78 is 5.84. The van der Waals surface area contributed by atoms with Crippen LogP contribution in [0.1, 0.15) is 39.4 Å². The van der Waals surface area contributed by atoms with Crippen LogP contribution in [0, 0.1) is 0 Å². The molecule has 148 valence electrons. The molecule has 1 unspecified atom stereocenters. The van der Waals surface area contributed by atoms with Gasteiger partial charge in [-0.25, -0.2) is 4.98 Å². The highest BCUT2D eigenvalue weighted by Gasteiger charge is 2.22. The van der Waals surface area contributed by atoms with Gasteiger partial charge in [0.05, 0.1) is 5.56 Å². The number of nitrogens with one attached hydrogen (secondary N) is 1. The number of primary amides is 1. The summed E-state index contributed by atoms with van der Waals surface area (Å²) in [5.41, 5.74) is 9.72. The normalized spacial score (nSPS) is 15.1. The van der Waals surface area contributed by atoms with Gasteiger partial charge in [0.1, 0.15) is 5.75 Å². The first kappa shape index (κ1) is 19.2. The van der Waals surface area contributed by atoms with E-state index in [0.29, 0.717) is 17.4 Å². The van der Waals surface area contributed by atoms with E-state index < -0.39 is 5.91 Å². The summed E-state index contributed by atoms with van der Waals surface area (Å²) in [6.07, 6.45) is 4.70. The largest absolute Gasteiger partial charge is 0.439 e. The molecule has 1 aliphatic rings. The lowest BCUT2D eigenvalue weighted by atomic mass is 10.0. The predicted molar refractivity (Wildman–Crippen MR) is 113 cm³/mol. The number of carbonyl (C=O) groups excluding carboxylic acids is 1. The van der Waals surface area contributed by atoms with E-state index in [4.69, 9.17) is 10.5 Å². The minimum absolute atomic E-state index is 0.369. The Morgan fingerprint density at radius 3 is 2.76 bits per heavy atom. The first-order valence-electron chi connectivity index (χ1n) is 10.0. The van der Waals surface area contributed by atoms with Crippen LogP contribution >= 0.6 is 0 Å². The molecule has 1 heterocycles. The van der Waals surface area contributed by atoms with Crippen LogP contribution in [-0.4, -0.2) is 24.0 Å². The molecule has 0 saturated heterocycles. The molecule has 1 aromatic heterocycles. The van der Waals surface area contributed by atoms with E-state index in [-0.39, 0.29) is 0 Å². The number of hydrogen-bond acceptors (Lipinski definition) is 4. The van der Waals surface area contributed by atoms with E-state index in [2.05, 4.69) is 52.8 Å². The Kier molecular flexibility index (Phi) is 5.86. The molecule has 2 aromatic carbocycles. The Labute approximate surface area is 170 Å². The van der Waals surface area contributed by atoms with E-state index in [1.54, 1.807) is 12.1 Å². The first-order valence-corrected chi connectivity index (χ1v) is 10.0. The molecule has 5 heteroatoms. The van der Waals surface area contributed by atoms with Gasteiger partial charge in [0.15, 0.2) is 0 Å². The van der Waals surface area contributed by atoms with Crippen molar-refractivity contribution >= 4 is 5.91 Å². The number of nitrogens with two attached hydrogens (primary N) is 1. The molecule has 0 fully saturated rings. The summed E-state index contributed by atoms with van der Waals surface area (Å²) in [7, 11) is 0. The third-order valence-corrected chi connectivity index (χ3v) is 5.38. The highest BCUT2D eigenvalue weighted by atomic mass is 16.5. The second-order valence-corrected chi connectivity index (χ2v) is 7.39. The summed E-state index contributed by atoms with van der Waals surface area (Å²) in [6, 6.07) is 20.1. The zero-order chi connectivity index (χ0) is 20.1. The van der Waals surface area contributed by atoms with Gasteiger partial charge in [0, 0.05) is 18.8 Å². The van der Waals surface area contributed by atoms with Gasteiger partial charge in [0.2, 0.25) is 11.8 Å². The van der Waals surface area contributed by atoms with E-state index in [1.807, 2.05) is 6.07 Å². The molecule has 1 aliphatic carbocycles. The van der Waals surface area contributed by atoms with E-state index in [0.717, 1.165) is 38.1 Å². The Balaban J connectivity index is 1.32. The van der Waals surface area contributed by atoms with E-state index in [1.165, 1.54) is 22.9 Å². The van der Waals surface area contributed by atoms with Crippen molar-refractivity contribution in [3.05, 3.63) is 89.1 Å². The van der Waals surface area contributed by atoms with Gasteiger partial charge in [0.25, 0.3) is 0 Å². The Morgan fingerprint density at radius 1 is 1.14 bits per heavy atom. The quantitative estimate of drug-likeness (QED) is 0.576. The topological polar surface area (TPSA) is 77.2 Å². The second-order valence-electron chi connectivity index (χ2n) is 7.39. The Hall–Kier alpha value is -3.18. The molecule has 0 radical (unpaired) electrons. The van der Waals surface area contributed by atoms with Crippen molar-refractivity contribution in [3.8, 4) is 11.6 Å². The lowest BCUT2D eigenvalue weighted by Crippen LogP contribution is -2.22. The van der Waals surface area contributed by atoms with Crippen LogP contribution in [0.4, 0.5) is 0 Å². The summed E-state index contributed by atoms with van der Waals surface area (Å²) in [6.45, 7) is 1.99. The number of rotatable bonds is 8. The van der Waals surface area contributed by atoms with Crippen LogP contribution in [0.25, 0.3) is 0 Å². The molecule has 0 saturated carbocycles. The fourth-order valence-corrected chi connectivity index (χ4v) is 3.82. The zero-order valence-electron chi connectivity index (χ0n) is 16.3. The minimum Gasteiger partial charge on any atom is -0.439 e. The molecule has 0 spiro atoms. The molecule has 3 N–H and O–H groups in total. The molecule has 29 heavy (non-hydrogen) atoms. The molecule has 0 aliphatic heterocycles. The standard InChI is InChI=1S/C24H25N3O2/c25-24(28)20-8-11-23(27-16-20)29-21-9-10-22-18(14-21)6-7-19(22)15-26-13-12-17-4-2-1-3-5-17/h1-5,8-11,14,16,19,26H,6-7,12-13,15H2,(H2,25,28). The molecule has 1 atom stereocenters. The third-order valence-electron chi connectivity index (χ3n) is 5.38. The number of aromatic nitrogens is 1. The SMILES string of the molecule is NC(=O)c1ccc(Oc2ccc3c(c2)CCC3CNCCc2ccccc2)nc1. The molecule has 5 nitrogen and oxygen atoms in total. The van der Waals surface area contributed by atoms with Gasteiger partial charge in [-0.3, -0.25) is 4.79 Å². The number of hydrogen-bond donors (Lipinski definition) is 2. The first-order chi connectivity index (χ1) is 14.2. The Bertz CT molecular complexity index is 971. The number of carbonyl (C=O) groups is 1. The van der Waals surface area contributed by atoms with Crippen molar-refractivity contribution in [2.24, 2.45) is 5.73 Å². The van der Waals surface area contributed by atoms with E-state index >= 15 is 0 Å². The number of amides is 1. The van der Waals surface area contributed by atoms with E-state index in [9.17, 15) is 4.79 Å². The summed E-state index contributed by atoms with van der Waals surface area (Å²) in [5.74, 6) is 1.26. The van der Waals surface area contributed by atoms with Crippen LogP contribution in [0.15, 0.2) is 66.9 Å². The maximum Gasteiger partial charge on any atom is 0.250 e. The predicted octanol–water partition coefficient (Wildman–Crippen LogP) is 3.83. The number of benzene rings is 2. The number of nitrogens with zero attached hydrogens (tertiary/aromatic N) is 1. The van der Waals surface area contributed by atoms with Gasteiger partial charge in [-0.2, -0.15) is 0 Å². The van der Waals surface area contributed by atoms with Crippen molar-refractivity contribution in [2.75, 3.05) is 13.1 Å². The van der Waals surface area contributed by atoms with Crippen LogP contribution in [0.2, 0.25) is 0 Å². The second kappa shape index (κ2) is 8.88. The lowest BCUT2D eigenvalue weighted by Gasteiger charge is -2.14. The molecular formula is C24H25N3O2. The fourth-order valence-electron chi connectivity index (χ4n) is 3.82. The minimum atomic E-state index is -0.495. The van der Waals surface area contributed by atoms with Crippen molar-refractivity contribution in [1.29, 1.82) is 0 Å². The highest BCUT2D eigenvalue weighted by Crippen LogP contribution is 2.35. The molecule has 1 amide bonds. The molecule has 0 bridgehead atoms. The monoisotopic (exact) mass is 387 g/mol.